The summed E-state index contributed by atoms with van der Waals surface area (Å²) in [6.07, 6.45) is 6.32. The molecule has 41 heavy (non-hydrogen) atoms. The molecule has 1 aliphatic rings. The van der Waals surface area contributed by atoms with E-state index in [0.29, 0.717) is 42.2 Å². The van der Waals surface area contributed by atoms with Gasteiger partial charge < -0.3 is 19.8 Å². The molecule has 0 radical (unpaired) electrons. The molecule has 1 unspecified atom stereocenters. The maximum absolute atomic E-state index is 13.8. The first kappa shape index (κ1) is 29.0. The molecule has 0 aliphatic carbocycles. The highest BCUT2D eigenvalue weighted by Gasteiger charge is 2.52. The number of fused-ring (bicyclic) bond motifs is 1. The monoisotopic (exact) mass is 664 g/mol. The molecule has 0 saturated heterocycles. The van der Waals surface area contributed by atoms with Crippen LogP contribution in [-0.2, 0) is 23.5 Å². The number of hydrogen-bond donors (Lipinski definition) is 2. The topological polar surface area (TPSA) is 101 Å². The lowest BCUT2D eigenvalue weighted by Crippen LogP contribution is -2.44. The van der Waals surface area contributed by atoms with Crippen LogP contribution in [-0.4, -0.2) is 44.8 Å². The number of allylic oxidation sites excluding steroid dienone is 1. The van der Waals surface area contributed by atoms with Crippen molar-refractivity contribution in [2.24, 2.45) is 5.92 Å². The number of ether oxygens (including phenoxy) is 1. The average molecular weight is 665 g/mol. The van der Waals surface area contributed by atoms with Gasteiger partial charge in [0.1, 0.15) is 5.75 Å². The number of amides is 1. The van der Waals surface area contributed by atoms with E-state index in [1.54, 1.807) is 22.8 Å². The molecule has 9 heteroatoms. The van der Waals surface area contributed by atoms with Crippen molar-refractivity contribution in [3.05, 3.63) is 117 Å². The van der Waals surface area contributed by atoms with Crippen LogP contribution in [0.15, 0.2) is 91.1 Å². The van der Waals surface area contributed by atoms with E-state index in [1.165, 1.54) is 0 Å². The Labute approximate surface area is 253 Å². The molecule has 3 atom stereocenters. The Morgan fingerprint density at radius 1 is 1.10 bits per heavy atom. The minimum absolute atomic E-state index is 0.0560. The molecule has 212 valence electrons. The van der Waals surface area contributed by atoms with E-state index in [-0.39, 0.29) is 18.4 Å². The third-order valence-electron chi connectivity index (χ3n) is 7.61. The van der Waals surface area contributed by atoms with E-state index in [4.69, 9.17) is 4.74 Å². The molecule has 1 aromatic heterocycles. The van der Waals surface area contributed by atoms with Gasteiger partial charge in [-0.2, -0.15) is 0 Å². The summed E-state index contributed by atoms with van der Waals surface area (Å²) < 4.78 is 8.26. The summed E-state index contributed by atoms with van der Waals surface area (Å²) in [5, 5.41) is 30.4. The highest BCUT2D eigenvalue weighted by atomic mass is 127. The summed E-state index contributed by atoms with van der Waals surface area (Å²) in [4.78, 5) is 15.5. The van der Waals surface area contributed by atoms with Crippen molar-refractivity contribution in [3.63, 3.8) is 0 Å². The van der Waals surface area contributed by atoms with Crippen LogP contribution in [0.5, 0.6) is 5.75 Å². The van der Waals surface area contributed by atoms with E-state index < -0.39 is 11.5 Å². The number of hydrogen-bond acceptors (Lipinski definition) is 6. The fourth-order valence-corrected chi connectivity index (χ4v) is 5.92. The summed E-state index contributed by atoms with van der Waals surface area (Å²) in [5.41, 5.74) is 2.18. The van der Waals surface area contributed by atoms with Crippen LogP contribution < -0.4 is 9.64 Å². The number of aliphatic hydroxyl groups is 2. The van der Waals surface area contributed by atoms with E-state index >= 15 is 0 Å². The van der Waals surface area contributed by atoms with Crippen LogP contribution in [0.4, 0.5) is 5.69 Å². The molecule has 8 nitrogen and oxygen atoms in total. The highest BCUT2D eigenvalue weighted by molar-refractivity contribution is 14.1. The second-order valence-electron chi connectivity index (χ2n) is 10.2. The van der Waals surface area contributed by atoms with Gasteiger partial charge in [-0.25, -0.2) is 0 Å². The molecular weight excluding hydrogens is 631 g/mol. The zero-order valence-corrected chi connectivity index (χ0v) is 25.2. The molecule has 4 aromatic rings. The number of anilines is 1. The van der Waals surface area contributed by atoms with Gasteiger partial charge in [-0.15, -0.1) is 5.10 Å². The molecule has 3 aromatic carbocycles. The number of aromatic nitrogens is 3. The summed E-state index contributed by atoms with van der Waals surface area (Å²) >= 11 is 2.26. The number of carbonyl (C=O) groups excluding carboxylic acids is 1. The Morgan fingerprint density at radius 2 is 1.90 bits per heavy atom. The van der Waals surface area contributed by atoms with Gasteiger partial charge in [0.25, 0.3) is 5.91 Å². The summed E-state index contributed by atoms with van der Waals surface area (Å²) in [7, 11) is 1.57. The number of carbonyl (C=O) groups is 1. The van der Waals surface area contributed by atoms with Gasteiger partial charge in [0.05, 0.1) is 37.6 Å². The van der Waals surface area contributed by atoms with Crippen LogP contribution >= 0.6 is 22.6 Å². The number of benzene rings is 3. The quantitative estimate of drug-likeness (QED) is 0.172. The Kier molecular flexibility index (Phi) is 8.86. The number of methoxy groups -OCH3 is 1. The van der Waals surface area contributed by atoms with Gasteiger partial charge >= 0.3 is 0 Å². The minimum Gasteiger partial charge on any atom is -0.497 e. The maximum atomic E-state index is 13.8. The second-order valence-corrected chi connectivity index (χ2v) is 11.5. The average Bonchev–Trinajstić information content (AvgIpc) is 3.53. The Balaban J connectivity index is 1.30. The van der Waals surface area contributed by atoms with Crippen LogP contribution in [0.2, 0.25) is 0 Å². The maximum Gasteiger partial charge on any atom is 0.264 e. The zero-order chi connectivity index (χ0) is 29.0. The lowest BCUT2D eigenvalue weighted by molar-refractivity contribution is -0.139. The van der Waals surface area contributed by atoms with E-state index in [1.807, 2.05) is 92.0 Å². The first-order valence-electron chi connectivity index (χ1n) is 13.5. The molecular formula is C32H33IN4O4. The molecule has 0 spiro atoms. The fraction of sp³-hybridized carbons (Fsp3) is 0.281. The summed E-state index contributed by atoms with van der Waals surface area (Å²) in [6, 6.07) is 23.1. The summed E-state index contributed by atoms with van der Waals surface area (Å²) in [5.74, 6) is -0.498. The minimum atomic E-state index is -1.73. The van der Waals surface area contributed by atoms with Crippen molar-refractivity contribution < 1.29 is 19.7 Å². The molecule has 0 saturated carbocycles. The SMILES string of the molecule is COc1ccc2c(c1)[C@@](O)([C@H](C)/C=C/CCn1cc(C(CO)c3ccccc3)nn1)C(=O)N2Cc1cccc(I)c1. The number of rotatable bonds is 11. The van der Waals surface area contributed by atoms with Crippen molar-refractivity contribution in [1.82, 2.24) is 15.0 Å². The molecule has 5 rings (SSSR count). The first-order valence-corrected chi connectivity index (χ1v) is 14.6. The molecule has 0 fully saturated rings. The molecule has 0 bridgehead atoms. The fourth-order valence-electron chi connectivity index (χ4n) is 5.31. The Hall–Kier alpha value is -3.54. The third kappa shape index (κ3) is 5.93. The van der Waals surface area contributed by atoms with Gasteiger partial charge in [0.2, 0.25) is 0 Å². The third-order valence-corrected chi connectivity index (χ3v) is 8.28. The van der Waals surface area contributed by atoms with Gasteiger partial charge in [0.15, 0.2) is 5.60 Å². The molecule has 1 aliphatic heterocycles. The van der Waals surface area contributed by atoms with E-state index in [2.05, 4.69) is 32.9 Å². The molecule has 2 N–H and O–H groups in total. The first-order chi connectivity index (χ1) is 19.8. The van der Waals surface area contributed by atoms with Crippen molar-refractivity contribution in [2.45, 2.75) is 38.0 Å². The number of aliphatic hydroxyl groups excluding tert-OH is 1. The lowest BCUT2D eigenvalue weighted by atomic mass is 9.83. The number of halogens is 1. The van der Waals surface area contributed by atoms with Crippen LogP contribution in [0.25, 0.3) is 0 Å². The van der Waals surface area contributed by atoms with Crippen molar-refractivity contribution in [1.29, 1.82) is 0 Å². The van der Waals surface area contributed by atoms with Gasteiger partial charge in [-0.1, -0.05) is 66.8 Å². The van der Waals surface area contributed by atoms with Crippen LogP contribution in [0, 0.1) is 9.49 Å². The smallest absolute Gasteiger partial charge is 0.264 e. The second kappa shape index (κ2) is 12.5. The standard InChI is InChI=1S/C32H33IN4O4/c1-22(9-6-7-16-36-20-29(34-35-36)27(21-38)24-11-4-3-5-12-24)32(40)28-18-26(41-2)14-15-30(28)37(31(32)39)19-23-10-8-13-25(33)17-23/h3-6,8-15,17-18,20,22,27,38,40H,7,16,19,21H2,1-2H3/b9-6+/t22-,27?,32+/m1/s1. The predicted octanol–water partition coefficient (Wildman–Crippen LogP) is 5.03. The van der Waals surface area contributed by atoms with Crippen molar-refractivity contribution in [3.8, 4) is 5.75 Å². The largest absolute Gasteiger partial charge is 0.497 e. The summed E-state index contributed by atoms with van der Waals surface area (Å²) in [6.45, 7) is 2.73. The zero-order valence-electron chi connectivity index (χ0n) is 23.0. The number of nitrogens with zero attached hydrogens (tertiary/aromatic N) is 4. The normalized spacial score (nSPS) is 18.1. The lowest BCUT2D eigenvalue weighted by Gasteiger charge is -2.28. The molecule has 2 heterocycles. The number of aryl methyl sites for hydroxylation is 1. The van der Waals surface area contributed by atoms with Gasteiger partial charge in [-0.05, 0) is 70.5 Å². The van der Waals surface area contributed by atoms with E-state index in [9.17, 15) is 15.0 Å². The van der Waals surface area contributed by atoms with Crippen molar-refractivity contribution in [2.75, 3.05) is 18.6 Å². The van der Waals surface area contributed by atoms with Crippen molar-refractivity contribution >= 4 is 34.2 Å². The Morgan fingerprint density at radius 3 is 2.63 bits per heavy atom. The molecule has 1 amide bonds. The van der Waals surface area contributed by atoms with Crippen LogP contribution in [0.3, 0.4) is 0 Å². The van der Waals surface area contributed by atoms with Gasteiger partial charge in [-0.3, -0.25) is 9.48 Å². The predicted molar refractivity (Wildman–Crippen MR) is 166 cm³/mol. The highest BCUT2D eigenvalue weighted by Crippen LogP contribution is 2.47. The van der Waals surface area contributed by atoms with Crippen LogP contribution in [0.1, 0.15) is 41.6 Å². The Bertz CT molecular complexity index is 1540. The van der Waals surface area contributed by atoms with Gasteiger partial charge in [0, 0.05) is 27.8 Å². The van der Waals surface area contributed by atoms with E-state index in [0.717, 1.165) is 14.7 Å².